The number of hydrogen-bond donors (Lipinski definition) is 2. The van der Waals surface area contributed by atoms with Crippen LogP contribution in [0.3, 0.4) is 0 Å². The maximum atomic E-state index is 13.0. The molecule has 226 valence electrons. The molecule has 1 aromatic rings. The number of nitrogens with zero attached hydrogens (tertiary/aromatic N) is 3. The number of nitrogens with one attached hydrogen (secondary N) is 2. The third-order valence-electron chi connectivity index (χ3n) is 9.29. The predicted molar refractivity (Wildman–Crippen MR) is 156 cm³/mol. The first-order chi connectivity index (χ1) is 19.5. The lowest BCUT2D eigenvalue weighted by molar-refractivity contribution is -0.138. The molecule has 11 heteroatoms. The van der Waals surface area contributed by atoms with E-state index < -0.39 is 18.1 Å². The number of piperidine rings is 1. The Labute approximate surface area is 245 Å². The molecule has 5 rings (SSSR count). The molecule has 2 amide bonds. The molecule has 2 N–H and O–H groups in total. The Kier molecular flexibility index (Phi) is 9.35. The van der Waals surface area contributed by atoms with Crippen molar-refractivity contribution < 1.29 is 22.8 Å². The third-order valence-corrected chi connectivity index (χ3v) is 10.4. The van der Waals surface area contributed by atoms with Crippen LogP contribution in [0.1, 0.15) is 84.8 Å². The number of carbonyl (C=O) groups is 2. The van der Waals surface area contributed by atoms with Crippen LogP contribution in [-0.2, 0) is 11.2 Å². The molecule has 3 fully saturated rings. The van der Waals surface area contributed by atoms with Crippen molar-refractivity contribution in [3.05, 3.63) is 34.4 Å². The normalized spacial score (nSPS) is 25.0. The van der Waals surface area contributed by atoms with Gasteiger partial charge in [-0.15, -0.1) is 0 Å². The van der Waals surface area contributed by atoms with Gasteiger partial charge in [0.05, 0.1) is 0 Å². The lowest BCUT2D eigenvalue weighted by Gasteiger charge is -2.34. The summed E-state index contributed by atoms with van der Waals surface area (Å²) in [6.07, 6.45) is 1.77. The van der Waals surface area contributed by atoms with Gasteiger partial charge in [0.1, 0.15) is 11.4 Å². The number of hydrogen-bond acceptors (Lipinski definition) is 6. The molecule has 3 heterocycles. The molecule has 7 nitrogen and oxygen atoms in total. The van der Waals surface area contributed by atoms with E-state index in [1.807, 2.05) is 24.1 Å². The van der Waals surface area contributed by atoms with E-state index >= 15 is 0 Å². The van der Waals surface area contributed by atoms with Gasteiger partial charge in [0.2, 0.25) is 0 Å². The summed E-state index contributed by atoms with van der Waals surface area (Å²) in [5, 5.41) is 4.76. The molecule has 2 saturated heterocycles. The van der Waals surface area contributed by atoms with Crippen molar-refractivity contribution in [2.45, 2.75) is 89.8 Å². The van der Waals surface area contributed by atoms with Crippen molar-refractivity contribution in [1.29, 1.82) is 0 Å². The SMILES string of the molecule is Cc1cc(C(=O)N2CCCN2)cc(C)c1CCSN1CCC2(CC1)N=C(C1CCC(CCC(F)(F)F)CC1)NC2=O. The van der Waals surface area contributed by atoms with Crippen molar-refractivity contribution in [2.75, 3.05) is 31.9 Å². The minimum Gasteiger partial charge on any atom is -0.312 e. The second-order valence-corrected chi connectivity index (χ2v) is 13.4. The number of amides is 2. The molecule has 1 saturated carbocycles. The van der Waals surface area contributed by atoms with Gasteiger partial charge in [0, 0.05) is 49.8 Å². The minimum atomic E-state index is -4.09. The van der Waals surface area contributed by atoms with Crippen LogP contribution >= 0.6 is 11.9 Å². The largest absolute Gasteiger partial charge is 0.389 e. The van der Waals surface area contributed by atoms with E-state index in [0.29, 0.717) is 12.8 Å². The monoisotopic (exact) mass is 593 g/mol. The molecule has 0 atom stereocenters. The van der Waals surface area contributed by atoms with Crippen LogP contribution in [0.5, 0.6) is 0 Å². The average molecular weight is 594 g/mol. The Morgan fingerprint density at radius 2 is 1.78 bits per heavy atom. The summed E-state index contributed by atoms with van der Waals surface area (Å²) in [4.78, 5) is 30.7. The number of benzene rings is 1. The van der Waals surface area contributed by atoms with Gasteiger partial charge < -0.3 is 5.32 Å². The zero-order valence-corrected chi connectivity index (χ0v) is 24.9. The summed E-state index contributed by atoms with van der Waals surface area (Å²) in [6.45, 7) is 7.31. The lowest BCUT2D eigenvalue weighted by Crippen LogP contribution is -2.47. The number of rotatable bonds is 8. The van der Waals surface area contributed by atoms with E-state index in [9.17, 15) is 22.8 Å². The standard InChI is InChI=1S/C30H42F3N5O2S/c1-20-18-24(27(39)38-14-3-13-34-38)19-21(2)25(20)9-17-41-37-15-11-29(12-16-37)28(40)35-26(36-29)23-6-4-22(5-7-23)8-10-30(31,32)33/h18-19,22-23,34H,3-17H2,1-2H3,(H,35,36,40). The average Bonchev–Trinajstić information content (AvgIpc) is 3.58. The van der Waals surface area contributed by atoms with Crippen LogP contribution in [0, 0.1) is 25.7 Å². The Morgan fingerprint density at radius 1 is 1.10 bits per heavy atom. The van der Waals surface area contributed by atoms with Gasteiger partial charge >= 0.3 is 6.18 Å². The summed E-state index contributed by atoms with van der Waals surface area (Å²) >= 11 is 1.81. The fourth-order valence-corrected chi connectivity index (χ4v) is 7.79. The smallest absolute Gasteiger partial charge is 0.312 e. The zero-order chi connectivity index (χ0) is 29.2. The molecule has 4 aliphatic rings. The van der Waals surface area contributed by atoms with Crippen molar-refractivity contribution in [1.82, 2.24) is 20.1 Å². The van der Waals surface area contributed by atoms with Crippen LogP contribution in [0.4, 0.5) is 13.2 Å². The number of aryl methyl sites for hydroxylation is 2. The molecule has 1 aliphatic carbocycles. The molecule has 0 radical (unpaired) electrons. The first-order valence-corrected chi connectivity index (χ1v) is 16.0. The molecular formula is C30H42F3N5O2S. The zero-order valence-electron chi connectivity index (χ0n) is 24.1. The van der Waals surface area contributed by atoms with Crippen LogP contribution in [0.2, 0.25) is 0 Å². The fraction of sp³-hybridized carbons (Fsp3) is 0.700. The quantitative estimate of drug-likeness (QED) is 0.397. The third kappa shape index (κ3) is 7.28. The molecule has 0 unspecified atom stereocenters. The van der Waals surface area contributed by atoms with Gasteiger partial charge in [-0.05, 0) is 106 Å². The number of carbonyl (C=O) groups excluding carboxylic acids is 2. The van der Waals surface area contributed by atoms with Crippen LogP contribution in [0.15, 0.2) is 17.1 Å². The highest BCUT2D eigenvalue weighted by Gasteiger charge is 2.47. The number of halogens is 3. The van der Waals surface area contributed by atoms with E-state index in [0.717, 1.165) is 93.0 Å². The van der Waals surface area contributed by atoms with Gasteiger partial charge in [-0.2, -0.15) is 13.2 Å². The molecule has 0 bridgehead atoms. The summed E-state index contributed by atoms with van der Waals surface area (Å²) in [6, 6.07) is 4.01. The van der Waals surface area contributed by atoms with E-state index in [2.05, 4.69) is 28.9 Å². The summed E-state index contributed by atoms with van der Waals surface area (Å²) in [7, 11) is 0. The predicted octanol–water partition coefficient (Wildman–Crippen LogP) is 5.36. The van der Waals surface area contributed by atoms with E-state index in [4.69, 9.17) is 4.99 Å². The first kappa shape index (κ1) is 30.4. The van der Waals surface area contributed by atoms with Crippen LogP contribution in [0.25, 0.3) is 0 Å². The lowest BCUT2D eigenvalue weighted by atomic mass is 9.79. The fourth-order valence-electron chi connectivity index (χ4n) is 6.80. The Hall–Kier alpha value is -2.11. The van der Waals surface area contributed by atoms with Crippen LogP contribution in [-0.4, -0.2) is 70.6 Å². The highest BCUT2D eigenvalue weighted by atomic mass is 32.2. The van der Waals surface area contributed by atoms with Crippen molar-refractivity contribution in [3.8, 4) is 0 Å². The molecule has 3 aliphatic heterocycles. The molecule has 41 heavy (non-hydrogen) atoms. The topological polar surface area (TPSA) is 77.0 Å². The van der Waals surface area contributed by atoms with Gasteiger partial charge in [-0.1, -0.05) is 11.9 Å². The van der Waals surface area contributed by atoms with Crippen molar-refractivity contribution in [3.63, 3.8) is 0 Å². The van der Waals surface area contributed by atoms with Gasteiger partial charge in [0.15, 0.2) is 0 Å². The van der Waals surface area contributed by atoms with E-state index in [-0.39, 0.29) is 30.1 Å². The first-order valence-electron chi connectivity index (χ1n) is 15.0. The second kappa shape index (κ2) is 12.6. The Bertz CT molecular complexity index is 1130. The molecule has 1 aromatic carbocycles. The Balaban J connectivity index is 1.08. The maximum Gasteiger partial charge on any atom is 0.389 e. The van der Waals surface area contributed by atoms with Gasteiger partial charge in [-0.3, -0.25) is 23.9 Å². The van der Waals surface area contributed by atoms with Crippen molar-refractivity contribution in [2.24, 2.45) is 16.8 Å². The van der Waals surface area contributed by atoms with E-state index in [1.165, 1.54) is 5.56 Å². The number of hydrazine groups is 1. The Morgan fingerprint density at radius 3 is 2.39 bits per heavy atom. The summed E-state index contributed by atoms with van der Waals surface area (Å²) in [5.74, 6) is 1.97. The van der Waals surface area contributed by atoms with Gasteiger partial charge in [0.25, 0.3) is 11.8 Å². The minimum absolute atomic E-state index is 0.0126. The number of amidine groups is 1. The number of alkyl halides is 3. The van der Waals surface area contributed by atoms with Crippen LogP contribution < -0.4 is 10.7 Å². The summed E-state index contributed by atoms with van der Waals surface area (Å²) < 4.78 is 40.1. The molecule has 1 spiro atoms. The highest BCUT2D eigenvalue weighted by Crippen LogP contribution is 2.38. The van der Waals surface area contributed by atoms with E-state index in [1.54, 1.807) is 5.01 Å². The van der Waals surface area contributed by atoms with Crippen molar-refractivity contribution >= 4 is 29.6 Å². The summed E-state index contributed by atoms with van der Waals surface area (Å²) in [5.41, 5.74) is 6.75. The number of aliphatic imine (C=N–C) groups is 1. The maximum absolute atomic E-state index is 13.0. The molecular weight excluding hydrogens is 551 g/mol. The highest BCUT2D eigenvalue weighted by molar-refractivity contribution is 7.97. The van der Waals surface area contributed by atoms with Gasteiger partial charge in [-0.25, -0.2) is 5.43 Å². The molecule has 0 aromatic heterocycles. The second-order valence-electron chi connectivity index (χ2n) is 12.2.